The minimum absolute atomic E-state index is 0.0237. The van der Waals surface area contributed by atoms with Crippen LogP contribution in [0.4, 0.5) is 0 Å². The first kappa shape index (κ1) is 19.2. The van der Waals surface area contributed by atoms with Crippen molar-refractivity contribution < 1.29 is 13.0 Å². The third-order valence-electron chi connectivity index (χ3n) is 3.61. The van der Waals surface area contributed by atoms with Crippen molar-refractivity contribution in [1.82, 2.24) is 0 Å². The molecule has 4 heteroatoms. The van der Waals surface area contributed by atoms with Gasteiger partial charge in [-0.05, 0) is 59.8 Å². The highest BCUT2D eigenvalue weighted by atomic mass is 32.2. The van der Waals surface area contributed by atoms with Gasteiger partial charge in [-0.15, -0.1) is 0 Å². The van der Waals surface area contributed by atoms with Crippen LogP contribution in [0.5, 0.6) is 0 Å². The van der Waals surface area contributed by atoms with Gasteiger partial charge in [0.2, 0.25) is 0 Å². The van der Waals surface area contributed by atoms with Crippen LogP contribution in [0.25, 0.3) is 0 Å². The maximum absolute atomic E-state index is 11.7. The molecule has 0 radical (unpaired) electrons. The van der Waals surface area contributed by atoms with E-state index in [9.17, 15) is 13.0 Å². The molecule has 0 fully saturated rings. The van der Waals surface area contributed by atoms with E-state index in [0.717, 1.165) is 24.0 Å². The Labute approximate surface area is 135 Å². The molecular formula is C18H29O3S-. The Hall–Kier alpha value is -0.870. The number of rotatable bonds is 7. The standard InChI is InChI=1S/C18H30O3S/c1-12(2)9-15-7-8-18(22(19,20)21)17(11-14(5)6)16(15)10-13(3)4/h7-8,12-14H,9-11H2,1-6H3,(H,19,20,21)/p-1. The molecular weight excluding hydrogens is 296 g/mol. The molecule has 0 saturated heterocycles. The van der Waals surface area contributed by atoms with Crippen LogP contribution in [0.2, 0.25) is 0 Å². The molecule has 0 spiro atoms. The fraction of sp³-hybridized carbons (Fsp3) is 0.667. The zero-order valence-electron chi connectivity index (χ0n) is 14.6. The first-order chi connectivity index (χ1) is 10.0. The van der Waals surface area contributed by atoms with Gasteiger partial charge >= 0.3 is 0 Å². The number of hydrogen-bond donors (Lipinski definition) is 0. The lowest BCUT2D eigenvalue weighted by molar-refractivity contribution is 0.460. The third kappa shape index (κ3) is 5.40. The number of hydrogen-bond acceptors (Lipinski definition) is 3. The van der Waals surface area contributed by atoms with Gasteiger partial charge in [0.05, 0.1) is 4.90 Å². The van der Waals surface area contributed by atoms with Gasteiger partial charge in [-0.25, -0.2) is 8.42 Å². The quantitative estimate of drug-likeness (QED) is 0.706. The average Bonchev–Trinajstić information content (AvgIpc) is 2.29. The zero-order chi connectivity index (χ0) is 17.1. The van der Waals surface area contributed by atoms with Crippen molar-refractivity contribution in [2.24, 2.45) is 17.8 Å². The van der Waals surface area contributed by atoms with E-state index in [0.29, 0.717) is 24.2 Å². The van der Waals surface area contributed by atoms with Crippen LogP contribution in [0.15, 0.2) is 17.0 Å². The van der Waals surface area contributed by atoms with Gasteiger partial charge in [-0.1, -0.05) is 47.6 Å². The second-order valence-corrected chi connectivity index (χ2v) is 8.78. The molecule has 0 aliphatic carbocycles. The van der Waals surface area contributed by atoms with Crippen LogP contribution in [-0.4, -0.2) is 13.0 Å². The molecule has 0 unspecified atom stereocenters. The molecule has 0 N–H and O–H groups in total. The Morgan fingerprint density at radius 2 is 1.27 bits per heavy atom. The van der Waals surface area contributed by atoms with Crippen molar-refractivity contribution in [1.29, 1.82) is 0 Å². The summed E-state index contributed by atoms with van der Waals surface area (Å²) < 4.78 is 35.0. The monoisotopic (exact) mass is 325 g/mol. The van der Waals surface area contributed by atoms with Crippen molar-refractivity contribution in [2.45, 2.75) is 65.7 Å². The molecule has 1 aromatic rings. The van der Waals surface area contributed by atoms with Crippen LogP contribution < -0.4 is 0 Å². The Morgan fingerprint density at radius 3 is 1.68 bits per heavy atom. The van der Waals surface area contributed by atoms with Crippen molar-refractivity contribution in [2.75, 3.05) is 0 Å². The lowest BCUT2D eigenvalue weighted by Gasteiger charge is -2.23. The second-order valence-electron chi connectivity index (χ2n) is 7.43. The van der Waals surface area contributed by atoms with Gasteiger partial charge in [0.1, 0.15) is 10.1 Å². The van der Waals surface area contributed by atoms with Gasteiger partial charge in [0, 0.05) is 0 Å². The van der Waals surface area contributed by atoms with Crippen LogP contribution in [0.1, 0.15) is 58.2 Å². The van der Waals surface area contributed by atoms with E-state index >= 15 is 0 Å². The summed E-state index contributed by atoms with van der Waals surface area (Å²) in [5.41, 5.74) is 3.01. The lowest BCUT2D eigenvalue weighted by Crippen LogP contribution is -2.14. The van der Waals surface area contributed by atoms with E-state index in [2.05, 4.69) is 41.5 Å². The smallest absolute Gasteiger partial charge is 0.124 e. The molecule has 0 amide bonds. The summed E-state index contributed by atoms with van der Waals surface area (Å²) in [6.45, 7) is 12.7. The average molecular weight is 325 g/mol. The molecule has 0 saturated carbocycles. The van der Waals surface area contributed by atoms with Crippen molar-refractivity contribution in [3.63, 3.8) is 0 Å². The summed E-state index contributed by atoms with van der Waals surface area (Å²) >= 11 is 0. The van der Waals surface area contributed by atoms with Crippen LogP contribution >= 0.6 is 0 Å². The minimum atomic E-state index is -4.43. The molecule has 0 bridgehead atoms. The fourth-order valence-electron chi connectivity index (χ4n) is 2.88. The molecule has 126 valence electrons. The van der Waals surface area contributed by atoms with Crippen LogP contribution in [0.3, 0.4) is 0 Å². The Kier molecular flexibility index (Phi) is 6.63. The highest BCUT2D eigenvalue weighted by molar-refractivity contribution is 7.85. The molecule has 0 aromatic heterocycles. The molecule has 0 aliphatic heterocycles. The molecule has 0 aliphatic rings. The molecule has 1 rings (SSSR count). The van der Waals surface area contributed by atoms with Crippen LogP contribution in [-0.2, 0) is 29.4 Å². The fourth-order valence-corrected chi connectivity index (χ4v) is 3.62. The SMILES string of the molecule is CC(C)Cc1ccc(S(=O)(=O)[O-])c(CC(C)C)c1CC(C)C. The van der Waals surface area contributed by atoms with Gasteiger partial charge in [-0.2, -0.15) is 0 Å². The highest BCUT2D eigenvalue weighted by Gasteiger charge is 2.19. The van der Waals surface area contributed by atoms with E-state index in [1.165, 1.54) is 11.6 Å². The number of benzene rings is 1. The summed E-state index contributed by atoms with van der Waals surface area (Å²) in [5.74, 6) is 1.22. The minimum Gasteiger partial charge on any atom is -0.744 e. The van der Waals surface area contributed by atoms with Gasteiger partial charge in [-0.3, -0.25) is 0 Å². The second kappa shape index (κ2) is 7.60. The largest absolute Gasteiger partial charge is 0.744 e. The van der Waals surface area contributed by atoms with E-state index in [1.54, 1.807) is 0 Å². The van der Waals surface area contributed by atoms with E-state index < -0.39 is 10.1 Å². The van der Waals surface area contributed by atoms with Crippen molar-refractivity contribution in [3.8, 4) is 0 Å². The normalized spacial score (nSPS) is 12.6. The molecule has 0 atom stereocenters. The van der Waals surface area contributed by atoms with Gasteiger partial charge < -0.3 is 4.55 Å². The molecule has 1 aromatic carbocycles. The highest BCUT2D eigenvalue weighted by Crippen LogP contribution is 2.29. The summed E-state index contributed by atoms with van der Waals surface area (Å²) in [7, 11) is -4.43. The topological polar surface area (TPSA) is 57.2 Å². The zero-order valence-corrected chi connectivity index (χ0v) is 15.5. The van der Waals surface area contributed by atoms with Crippen molar-refractivity contribution in [3.05, 3.63) is 28.8 Å². The molecule has 3 nitrogen and oxygen atoms in total. The predicted molar refractivity (Wildman–Crippen MR) is 90.0 cm³/mol. The summed E-state index contributed by atoms with van der Waals surface area (Å²) in [5, 5.41) is 0. The third-order valence-corrected chi connectivity index (χ3v) is 4.53. The first-order valence-electron chi connectivity index (χ1n) is 8.11. The van der Waals surface area contributed by atoms with Crippen molar-refractivity contribution >= 4 is 10.1 Å². The Morgan fingerprint density at radius 1 is 0.818 bits per heavy atom. The first-order valence-corrected chi connectivity index (χ1v) is 9.52. The maximum Gasteiger partial charge on any atom is 0.124 e. The Bertz CT molecular complexity index is 599. The summed E-state index contributed by atoms with van der Waals surface area (Å²) in [6, 6.07) is 3.36. The van der Waals surface area contributed by atoms with Gasteiger partial charge in [0.15, 0.2) is 0 Å². The summed E-state index contributed by atoms with van der Waals surface area (Å²) in [4.78, 5) is -0.0237. The molecule has 22 heavy (non-hydrogen) atoms. The van der Waals surface area contributed by atoms with Gasteiger partial charge in [0.25, 0.3) is 0 Å². The summed E-state index contributed by atoms with van der Waals surface area (Å²) in [6.07, 6.45) is 2.35. The molecule has 0 heterocycles. The van der Waals surface area contributed by atoms with E-state index in [1.807, 2.05) is 6.07 Å². The predicted octanol–water partition coefficient (Wildman–Crippen LogP) is 4.19. The van der Waals surface area contributed by atoms with Crippen LogP contribution in [0, 0.1) is 17.8 Å². The maximum atomic E-state index is 11.7. The van der Waals surface area contributed by atoms with E-state index in [-0.39, 0.29) is 4.90 Å². The Balaban J connectivity index is 3.57. The lowest BCUT2D eigenvalue weighted by atomic mass is 9.86. The van der Waals surface area contributed by atoms with E-state index in [4.69, 9.17) is 0 Å².